The molecule has 1 saturated carbocycles. The minimum atomic E-state index is 0.430. The number of epoxide rings is 1. The zero-order chi connectivity index (χ0) is 11.4. The van der Waals surface area contributed by atoms with Crippen LogP contribution in [0.15, 0.2) is 30.3 Å². The molecule has 2 atom stereocenters. The first-order valence-corrected chi connectivity index (χ1v) is 6.23. The van der Waals surface area contributed by atoms with Gasteiger partial charge < -0.3 is 9.47 Å². The van der Waals surface area contributed by atoms with Gasteiger partial charge in [-0.3, -0.25) is 0 Å². The zero-order valence-electron chi connectivity index (χ0n) is 10.1. The van der Waals surface area contributed by atoms with Crippen molar-refractivity contribution in [2.75, 3.05) is 0 Å². The van der Waals surface area contributed by atoms with Crippen molar-refractivity contribution in [1.29, 1.82) is 0 Å². The van der Waals surface area contributed by atoms with Crippen molar-refractivity contribution in [3.8, 4) is 0 Å². The van der Waals surface area contributed by atoms with Crippen LogP contribution in [0, 0.1) is 0 Å². The Morgan fingerprint density at radius 1 is 1.12 bits per heavy atom. The SMILES string of the molecule is CC.c1ccc(COC2CC3OC3C2)cc1. The average molecular weight is 220 g/mol. The van der Waals surface area contributed by atoms with Crippen LogP contribution in [0.25, 0.3) is 0 Å². The van der Waals surface area contributed by atoms with E-state index in [0.717, 1.165) is 19.4 Å². The van der Waals surface area contributed by atoms with Crippen LogP contribution in [0.3, 0.4) is 0 Å². The maximum absolute atomic E-state index is 5.81. The fraction of sp³-hybridized carbons (Fsp3) is 0.571. The number of fused-ring (bicyclic) bond motifs is 1. The molecule has 16 heavy (non-hydrogen) atoms. The van der Waals surface area contributed by atoms with Gasteiger partial charge in [-0.25, -0.2) is 0 Å². The third-order valence-corrected chi connectivity index (χ3v) is 3.01. The normalized spacial score (nSPS) is 30.2. The smallest absolute Gasteiger partial charge is 0.0867 e. The predicted molar refractivity (Wildman–Crippen MR) is 64.3 cm³/mol. The molecule has 1 aliphatic heterocycles. The van der Waals surface area contributed by atoms with Gasteiger partial charge in [-0.2, -0.15) is 0 Å². The van der Waals surface area contributed by atoms with E-state index in [1.165, 1.54) is 5.56 Å². The van der Waals surface area contributed by atoms with Crippen LogP contribution in [0.5, 0.6) is 0 Å². The van der Waals surface area contributed by atoms with E-state index in [9.17, 15) is 0 Å². The first-order chi connectivity index (χ1) is 7.92. The Morgan fingerprint density at radius 3 is 2.38 bits per heavy atom. The fourth-order valence-electron chi connectivity index (χ4n) is 2.13. The van der Waals surface area contributed by atoms with Gasteiger partial charge in [0.05, 0.1) is 24.9 Å². The standard InChI is InChI=1S/C12H14O2.C2H6/c1-2-4-9(5-3-1)8-13-10-6-11-12(7-10)14-11;1-2/h1-5,10-12H,6-8H2;1-2H3. The highest BCUT2D eigenvalue weighted by molar-refractivity contribution is 5.13. The first kappa shape index (κ1) is 11.6. The molecule has 3 rings (SSSR count). The Kier molecular flexibility index (Phi) is 3.97. The van der Waals surface area contributed by atoms with E-state index in [-0.39, 0.29) is 0 Å². The Balaban J connectivity index is 0.000000457. The molecule has 1 saturated heterocycles. The monoisotopic (exact) mass is 220 g/mol. The third-order valence-electron chi connectivity index (χ3n) is 3.01. The molecule has 2 heteroatoms. The van der Waals surface area contributed by atoms with Gasteiger partial charge in [-0.15, -0.1) is 0 Å². The topological polar surface area (TPSA) is 21.8 Å². The van der Waals surface area contributed by atoms with Crippen LogP contribution >= 0.6 is 0 Å². The summed E-state index contributed by atoms with van der Waals surface area (Å²) in [6.45, 7) is 4.74. The predicted octanol–water partition coefficient (Wildman–Crippen LogP) is 3.16. The van der Waals surface area contributed by atoms with E-state index in [1.807, 2.05) is 32.0 Å². The summed E-state index contributed by atoms with van der Waals surface area (Å²) < 4.78 is 11.2. The highest BCUT2D eigenvalue weighted by atomic mass is 16.6. The zero-order valence-corrected chi connectivity index (χ0v) is 10.1. The first-order valence-electron chi connectivity index (χ1n) is 6.23. The highest BCUT2D eigenvalue weighted by Crippen LogP contribution is 2.39. The van der Waals surface area contributed by atoms with E-state index in [0.29, 0.717) is 18.3 Å². The van der Waals surface area contributed by atoms with E-state index in [4.69, 9.17) is 9.47 Å². The Labute approximate surface area is 97.6 Å². The third kappa shape index (κ3) is 2.83. The largest absolute Gasteiger partial charge is 0.373 e. The number of rotatable bonds is 3. The lowest BCUT2D eigenvalue weighted by atomic mass is 10.2. The summed E-state index contributed by atoms with van der Waals surface area (Å²) in [4.78, 5) is 0. The molecule has 2 fully saturated rings. The summed E-state index contributed by atoms with van der Waals surface area (Å²) in [5, 5.41) is 0. The van der Waals surface area contributed by atoms with Crippen LogP contribution in [0.2, 0.25) is 0 Å². The summed E-state index contributed by atoms with van der Waals surface area (Å²) in [5.74, 6) is 0. The molecular formula is C14H20O2. The minimum Gasteiger partial charge on any atom is -0.373 e. The minimum absolute atomic E-state index is 0.430. The highest BCUT2D eigenvalue weighted by Gasteiger charge is 2.48. The maximum atomic E-state index is 5.81. The Morgan fingerprint density at radius 2 is 1.75 bits per heavy atom. The fourth-order valence-corrected chi connectivity index (χ4v) is 2.13. The second kappa shape index (κ2) is 5.46. The van der Waals surface area contributed by atoms with Gasteiger partial charge in [0.15, 0.2) is 0 Å². The summed E-state index contributed by atoms with van der Waals surface area (Å²) in [7, 11) is 0. The lowest BCUT2D eigenvalue weighted by molar-refractivity contribution is 0.0221. The average Bonchev–Trinajstić information content (AvgIpc) is 2.98. The molecule has 1 heterocycles. The van der Waals surface area contributed by atoms with E-state index < -0.39 is 0 Å². The molecule has 2 unspecified atom stereocenters. The Bertz CT molecular complexity index is 300. The molecule has 1 aromatic carbocycles. The van der Waals surface area contributed by atoms with E-state index in [2.05, 4.69) is 12.1 Å². The molecule has 0 aromatic heterocycles. The van der Waals surface area contributed by atoms with Gasteiger partial charge in [-0.05, 0) is 5.56 Å². The van der Waals surface area contributed by atoms with Crippen LogP contribution in [-0.2, 0) is 16.1 Å². The van der Waals surface area contributed by atoms with E-state index in [1.54, 1.807) is 0 Å². The molecule has 0 radical (unpaired) electrons. The van der Waals surface area contributed by atoms with Crippen molar-refractivity contribution in [3.05, 3.63) is 35.9 Å². The number of hydrogen-bond acceptors (Lipinski definition) is 2. The Hall–Kier alpha value is -0.860. The second-order valence-electron chi connectivity index (χ2n) is 4.10. The molecule has 2 aliphatic rings. The van der Waals surface area contributed by atoms with Gasteiger partial charge in [0.2, 0.25) is 0 Å². The number of benzene rings is 1. The molecule has 1 aliphatic carbocycles. The van der Waals surface area contributed by atoms with Crippen LogP contribution in [0.4, 0.5) is 0 Å². The van der Waals surface area contributed by atoms with Crippen molar-refractivity contribution < 1.29 is 9.47 Å². The van der Waals surface area contributed by atoms with Crippen molar-refractivity contribution in [2.45, 2.75) is 51.6 Å². The summed E-state index contributed by atoms with van der Waals surface area (Å²) in [6, 6.07) is 10.3. The molecule has 0 N–H and O–H groups in total. The summed E-state index contributed by atoms with van der Waals surface area (Å²) in [6.07, 6.45) is 3.67. The maximum Gasteiger partial charge on any atom is 0.0867 e. The van der Waals surface area contributed by atoms with Crippen molar-refractivity contribution in [3.63, 3.8) is 0 Å². The molecule has 2 nitrogen and oxygen atoms in total. The van der Waals surface area contributed by atoms with Gasteiger partial charge in [0.25, 0.3) is 0 Å². The van der Waals surface area contributed by atoms with Crippen molar-refractivity contribution >= 4 is 0 Å². The van der Waals surface area contributed by atoms with Crippen LogP contribution in [0.1, 0.15) is 32.3 Å². The van der Waals surface area contributed by atoms with Crippen molar-refractivity contribution in [2.24, 2.45) is 0 Å². The van der Waals surface area contributed by atoms with Gasteiger partial charge in [-0.1, -0.05) is 44.2 Å². The quantitative estimate of drug-likeness (QED) is 0.730. The number of ether oxygens (including phenoxy) is 2. The molecule has 0 amide bonds. The van der Waals surface area contributed by atoms with Crippen LogP contribution in [-0.4, -0.2) is 18.3 Å². The summed E-state index contributed by atoms with van der Waals surface area (Å²) in [5.41, 5.74) is 1.26. The van der Waals surface area contributed by atoms with Gasteiger partial charge in [0.1, 0.15) is 0 Å². The van der Waals surface area contributed by atoms with E-state index >= 15 is 0 Å². The molecule has 1 aromatic rings. The van der Waals surface area contributed by atoms with Gasteiger partial charge >= 0.3 is 0 Å². The molecular weight excluding hydrogens is 200 g/mol. The molecule has 0 bridgehead atoms. The molecule has 88 valence electrons. The second-order valence-corrected chi connectivity index (χ2v) is 4.10. The van der Waals surface area contributed by atoms with Gasteiger partial charge in [0, 0.05) is 12.8 Å². The van der Waals surface area contributed by atoms with Crippen LogP contribution < -0.4 is 0 Å². The summed E-state index contributed by atoms with van der Waals surface area (Å²) >= 11 is 0. The van der Waals surface area contributed by atoms with Crippen molar-refractivity contribution in [1.82, 2.24) is 0 Å². The molecule has 0 spiro atoms. The number of hydrogen-bond donors (Lipinski definition) is 0. The lowest BCUT2D eigenvalue weighted by Crippen LogP contribution is -2.11. The lowest BCUT2D eigenvalue weighted by Gasteiger charge is -2.12.